The Morgan fingerprint density at radius 2 is 1.71 bits per heavy atom. The van der Waals surface area contributed by atoms with Crippen molar-refractivity contribution in [3.05, 3.63) is 101 Å². The van der Waals surface area contributed by atoms with E-state index in [2.05, 4.69) is 4.98 Å². The number of para-hydroxylation sites is 1. The first-order chi connectivity index (χ1) is 19.5. The van der Waals surface area contributed by atoms with Crippen molar-refractivity contribution < 1.29 is 23.9 Å². The van der Waals surface area contributed by atoms with Gasteiger partial charge in [0.2, 0.25) is 5.91 Å². The molecule has 0 N–H and O–H groups in total. The summed E-state index contributed by atoms with van der Waals surface area (Å²) in [6, 6.07) is 20.9. The minimum atomic E-state index is -0.738. The number of carbonyl (C=O) groups is 4. The molecule has 1 aliphatic heterocycles. The van der Waals surface area contributed by atoms with Crippen molar-refractivity contribution in [2.75, 3.05) is 16.3 Å². The maximum atomic E-state index is 13.7. The van der Waals surface area contributed by atoms with Gasteiger partial charge in [-0.05, 0) is 62.7 Å². The second-order valence-electron chi connectivity index (χ2n) is 10.5. The maximum absolute atomic E-state index is 13.7. The van der Waals surface area contributed by atoms with E-state index in [1.807, 2.05) is 6.07 Å². The summed E-state index contributed by atoms with van der Waals surface area (Å²) < 4.78 is 6.66. The third kappa shape index (κ3) is 6.05. The number of ether oxygens (including phenoxy) is 1. The van der Waals surface area contributed by atoms with Gasteiger partial charge in [0.15, 0.2) is 0 Å². The number of carbonyl (C=O) groups excluding carboxylic acids is 4. The highest BCUT2D eigenvalue weighted by molar-refractivity contribution is 6.52. The van der Waals surface area contributed by atoms with Gasteiger partial charge in [0.25, 0.3) is 11.7 Å². The number of benzene rings is 3. The SMILES string of the molecule is CC(C)(C)OC(=O)n1cnc(-c2ccc(N(Cc3cccc(Cl)c3)C(=O)CN3C(=O)C(=O)c4ccccc43)cc2)c1. The Bertz CT molecular complexity index is 1660. The molecule has 41 heavy (non-hydrogen) atoms. The van der Waals surface area contributed by atoms with E-state index in [0.29, 0.717) is 22.1 Å². The molecule has 3 aromatic carbocycles. The predicted octanol–water partition coefficient (Wildman–Crippen LogP) is 5.75. The van der Waals surface area contributed by atoms with Crippen molar-refractivity contribution >= 4 is 46.7 Å². The molecule has 10 heteroatoms. The fourth-order valence-corrected chi connectivity index (χ4v) is 4.68. The van der Waals surface area contributed by atoms with Crippen LogP contribution >= 0.6 is 11.6 Å². The molecular formula is C31H27ClN4O5. The van der Waals surface area contributed by atoms with Gasteiger partial charge < -0.3 is 9.64 Å². The number of nitrogens with zero attached hydrogens (tertiary/aromatic N) is 4. The lowest BCUT2D eigenvalue weighted by atomic mass is 10.1. The summed E-state index contributed by atoms with van der Waals surface area (Å²) >= 11 is 6.20. The van der Waals surface area contributed by atoms with Crippen molar-refractivity contribution in [3.63, 3.8) is 0 Å². The zero-order valence-electron chi connectivity index (χ0n) is 22.7. The number of aromatic nitrogens is 2. The number of hydrogen-bond donors (Lipinski definition) is 0. The van der Waals surface area contributed by atoms with E-state index in [9.17, 15) is 19.2 Å². The first-order valence-corrected chi connectivity index (χ1v) is 13.3. The van der Waals surface area contributed by atoms with Crippen molar-refractivity contribution in [2.45, 2.75) is 32.9 Å². The van der Waals surface area contributed by atoms with Crippen LogP contribution in [0.2, 0.25) is 5.02 Å². The molecule has 0 saturated heterocycles. The van der Waals surface area contributed by atoms with E-state index in [-0.39, 0.29) is 24.6 Å². The summed E-state index contributed by atoms with van der Waals surface area (Å²) in [6.07, 6.45) is 2.42. The normalized spacial score (nSPS) is 12.8. The average molecular weight is 571 g/mol. The van der Waals surface area contributed by atoms with Gasteiger partial charge in [-0.1, -0.05) is 48.0 Å². The van der Waals surface area contributed by atoms with Crippen LogP contribution in [0.5, 0.6) is 0 Å². The van der Waals surface area contributed by atoms with Crippen LogP contribution in [0.15, 0.2) is 85.3 Å². The number of ketones is 1. The van der Waals surface area contributed by atoms with E-state index >= 15 is 0 Å². The molecule has 1 aliphatic rings. The van der Waals surface area contributed by atoms with Gasteiger partial charge in [0.05, 0.1) is 23.5 Å². The minimum Gasteiger partial charge on any atom is -0.443 e. The van der Waals surface area contributed by atoms with E-state index in [4.69, 9.17) is 16.3 Å². The van der Waals surface area contributed by atoms with Gasteiger partial charge in [0, 0.05) is 22.5 Å². The predicted molar refractivity (Wildman–Crippen MR) is 155 cm³/mol. The number of Topliss-reactive ketones (excluding diaryl/α,β-unsaturated/α-hetero) is 1. The number of hydrogen-bond acceptors (Lipinski definition) is 6. The number of halogens is 1. The lowest BCUT2D eigenvalue weighted by Gasteiger charge is -2.26. The van der Waals surface area contributed by atoms with Crippen molar-refractivity contribution in [3.8, 4) is 11.3 Å². The highest BCUT2D eigenvalue weighted by atomic mass is 35.5. The standard InChI is InChI=1S/C31H27ClN4O5/c1-31(2,3)41-30(40)34-17-25(33-19-34)21-11-13-23(14-12-21)35(16-20-7-6-8-22(32)15-20)27(37)18-36-26-10-5-4-9-24(26)28(38)29(36)39/h4-15,17,19H,16,18H2,1-3H3. The van der Waals surface area contributed by atoms with Gasteiger partial charge in [0.1, 0.15) is 18.5 Å². The third-order valence-corrected chi connectivity index (χ3v) is 6.60. The maximum Gasteiger partial charge on any atom is 0.419 e. The highest BCUT2D eigenvalue weighted by Gasteiger charge is 2.37. The molecule has 2 heterocycles. The van der Waals surface area contributed by atoms with Crippen LogP contribution in [0, 0.1) is 0 Å². The summed E-state index contributed by atoms with van der Waals surface area (Å²) in [5.41, 5.74) is 2.67. The summed E-state index contributed by atoms with van der Waals surface area (Å²) in [5.74, 6) is -1.76. The zero-order valence-corrected chi connectivity index (χ0v) is 23.5. The topological polar surface area (TPSA) is 102 Å². The monoisotopic (exact) mass is 570 g/mol. The van der Waals surface area contributed by atoms with Crippen LogP contribution in [0.25, 0.3) is 11.3 Å². The number of anilines is 2. The number of fused-ring (bicyclic) bond motifs is 1. The van der Waals surface area contributed by atoms with Gasteiger partial charge in [-0.3, -0.25) is 19.3 Å². The lowest BCUT2D eigenvalue weighted by Crippen LogP contribution is -2.42. The molecule has 0 bridgehead atoms. The molecule has 0 saturated carbocycles. The minimum absolute atomic E-state index is 0.184. The molecule has 9 nitrogen and oxygen atoms in total. The molecule has 0 atom stereocenters. The zero-order chi connectivity index (χ0) is 29.3. The van der Waals surface area contributed by atoms with Crippen LogP contribution in [0.4, 0.5) is 16.2 Å². The Balaban J connectivity index is 1.41. The van der Waals surface area contributed by atoms with E-state index < -0.39 is 23.4 Å². The Morgan fingerprint density at radius 1 is 0.976 bits per heavy atom. The summed E-state index contributed by atoms with van der Waals surface area (Å²) in [4.78, 5) is 58.4. The average Bonchev–Trinajstić information content (AvgIpc) is 3.52. The Hall–Kier alpha value is -4.76. The van der Waals surface area contributed by atoms with Gasteiger partial charge in [-0.25, -0.2) is 14.3 Å². The molecule has 208 valence electrons. The van der Waals surface area contributed by atoms with Crippen molar-refractivity contribution in [2.24, 2.45) is 0 Å². The first kappa shape index (κ1) is 27.8. The van der Waals surface area contributed by atoms with Gasteiger partial charge in [-0.15, -0.1) is 0 Å². The molecular weight excluding hydrogens is 544 g/mol. The van der Waals surface area contributed by atoms with Crippen LogP contribution < -0.4 is 9.80 Å². The first-order valence-electron chi connectivity index (χ1n) is 12.9. The Labute approximate surface area is 241 Å². The van der Waals surface area contributed by atoms with E-state index in [1.54, 1.807) is 93.7 Å². The van der Waals surface area contributed by atoms with Crippen LogP contribution in [-0.4, -0.2) is 45.4 Å². The Morgan fingerprint density at radius 3 is 2.41 bits per heavy atom. The quantitative estimate of drug-likeness (QED) is 0.274. The smallest absolute Gasteiger partial charge is 0.419 e. The molecule has 2 amide bonds. The van der Waals surface area contributed by atoms with Gasteiger partial charge in [-0.2, -0.15) is 0 Å². The number of rotatable bonds is 6. The van der Waals surface area contributed by atoms with Crippen LogP contribution in [-0.2, 0) is 20.9 Å². The fraction of sp³-hybridized carbons (Fsp3) is 0.194. The number of amides is 2. The van der Waals surface area contributed by atoms with Crippen LogP contribution in [0.1, 0.15) is 36.7 Å². The molecule has 0 fully saturated rings. The van der Waals surface area contributed by atoms with Crippen LogP contribution in [0.3, 0.4) is 0 Å². The molecule has 0 radical (unpaired) electrons. The molecule has 0 unspecified atom stereocenters. The molecule has 4 aromatic rings. The Kier molecular flexibility index (Phi) is 7.47. The second-order valence-corrected chi connectivity index (χ2v) is 11.0. The summed E-state index contributed by atoms with van der Waals surface area (Å²) in [5, 5.41) is 0.528. The van der Waals surface area contributed by atoms with Gasteiger partial charge >= 0.3 is 6.09 Å². The highest BCUT2D eigenvalue weighted by Crippen LogP contribution is 2.30. The summed E-state index contributed by atoms with van der Waals surface area (Å²) in [7, 11) is 0. The second kappa shape index (κ2) is 11.0. The molecule has 5 rings (SSSR count). The van der Waals surface area contributed by atoms with E-state index in [0.717, 1.165) is 11.1 Å². The number of imidazole rings is 1. The lowest BCUT2D eigenvalue weighted by molar-refractivity contribution is -0.120. The molecule has 0 spiro atoms. The third-order valence-electron chi connectivity index (χ3n) is 6.36. The fourth-order valence-electron chi connectivity index (χ4n) is 4.47. The molecule has 1 aromatic heterocycles. The van der Waals surface area contributed by atoms with Crippen molar-refractivity contribution in [1.29, 1.82) is 0 Å². The summed E-state index contributed by atoms with van der Waals surface area (Å²) in [6.45, 7) is 5.23. The molecule has 0 aliphatic carbocycles. The largest absolute Gasteiger partial charge is 0.443 e. The van der Waals surface area contributed by atoms with Crippen molar-refractivity contribution in [1.82, 2.24) is 9.55 Å². The van der Waals surface area contributed by atoms with E-state index in [1.165, 1.54) is 20.7 Å².